The molecule has 2 rings (SSSR count). The highest BCUT2D eigenvalue weighted by Crippen LogP contribution is 2.28. The molecular formula is C18H27Si2. The fourth-order valence-corrected chi connectivity index (χ4v) is 4.87. The van der Waals surface area contributed by atoms with Crippen molar-refractivity contribution < 1.29 is 0 Å². The van der Waals surface area contributed by atoms with Crippen LogP contribution in [0, 0.1) is 5.92 Å². The van der Waals surface area contributed by atoms with Crippen LogP contribution in [0.5, 0.6) is 0 Å². The van der Waals surface area contributed by atoms with Gasteiger partial charge in [-0.05, 0) is 12.0 Å². The summed E-state index contributed by atoms with van der Waals surface area (Å²) in [5, 5.41) is 3.14. The van der Waals surface area contributed by atoms with E-state index in [4.69, 9.17) is 0 Å². The topological polar surface area (TPSA) is 0 Å². The molecule has 0 fully saturated rings. The van der Waals surface area contributed by atoms with Gasteiger partial charge in [-0.3, -0.25) is 0 Å². The minimum absolute atomic E-state index is 1.07. The minimum atomic E-state index is -1.20. The fourth-order valence-electron chi connectivity index (χ4n) is 2.45. The lowest BCUT2D eigenvalue weighted by Gasteiger charge is -2.18. The molecule has 1 aliphatic rings. The Bertz CT molecular complexity index is 539. The highest BCUT2D eigenvalue weighted by atomic mass is 28.3. The smallest absolute Gasteiger partial charge is 0.0738 e. The quantitative estimate of drug-likeness (QED) is 0.706. The van der Waals surface area contributed by atoms with Crippen molar-refractivity contribution in [3.8, 4) is 0 Å². The first-order valence-corrected chi connectivity index (χ1v) is 14.5. The molecule has 0 unspecified atom stereocenters. The first kappa shape index (κ1) is 15.5. The van der Waals surface area contributed by atoms with Crippen molar-refractivity contribution in [3.05, 3.63) is 59.2 Å². The molecule has 107 valence electrons. The molecule has 0 atom stereocenters. The lowest BCUT2D eigenvalue weighted by molar-refractivity contribution is 1.10. The Morgan fingerprint density at radius 3 is 2.10 bits per heavy atom. The van der Waals surface area contributed by atoms with Gasteiger partial charge in [0.25, 0.3) is 0 Å². The van der Waals surface area contributed by atoms with Gasteiger partial charge in [-0.1, -0.05) is 92.2 Å². The summed E-state index contributed by atoms with van der Waals surface area (Å²) in [6, 6.07) is 9.22. The largest absolute Gasteiger partial charge is 0.0776 e. The van der Waals surface area contributed by atoms with Crippen molar-refractivity contribution in [3.63, 3.8) is 0 Å². The minimum Gasteiger partial charge on any atom is -0.0738 e. The summed E-state index contributed by atoms with van der Waals surface area (Å²) in [6.07, 6.45) is 8.15. The van der Waals surface area contributed by atoms with Gasteiger partial charge in [0.1, 0.15) is 0 Å². The van der Waals surface area contributed by atoms with Crippen molar-refractivity contribution >= 4 is 21.3 Å². The third-order valence-corrected chi connectivity index (χ3v) is 7.97. The second-order valence-electron chi connectivity index (χ2n) is 7.89. The molecule has 0 N–H and O–H groups in total. The maximum Gasteiger partial charge on any atom is 0.0776 e. The molecule has 0 aliphatic heterocycles. The number of allylic oxidation sites excluding steroid dienone is 4. The lowest BCUT2D eigenvalue weighted by atomic mass is 10.0. The van der Waals surface area contributed by atoms with E-state index in [1.165, 1.54) is 11.5 Å². The number of rotatable bonds is 4. The van der Waals surface area contributed by atoms with Crippen LogP contribution in [-0.4, -0.2) is 16.1 Å². The van der Waals surface area contributed by atoms with Crippen molar-refractivity contribution in [1.29, 1.82) is 0 Å². The summed E-state index contributed by atoms with van der Waals surface area (Å²) in [5.41, 5.74) is 1.46. The summed E-state index contributed by atoms with van der Waals surface area (Å²) in [6.45, 7) is 14.5. The Morgan fingerprint density at radius 2 is 1.55 bits per heavy atom. The molecule has 1 aliphatic carbocycles. The van der Waals surface area contributed by atoms with E-state index in [1.807, 2.05) is 0 Å². The molecule has 2 heteroatoms. The molecule has 0 nitrogen and oxygen atoms in total. The van der Waals surface area contributed by atoms with Crippen LogP contribution in [-0.2, 0) is 6.42 Å². The van der Waals surface area contributed by atoms with Crippen LogP contribution in [0.15, 0.2) is 47.7 Å². The second kappa shape index (κ2) is 5.49. The molecule has 0 heterocycles. The molecule has 0 amide bonds. The van der Waals surface area contributed by atoms with E-state index >= 15 is 0 Å². The van der Waals surface area contributed by atoms with Gasteiger partial charge >= 0.3 is 0 Å². The van der Waals surface area contributed by atoms with Gasteiger partial charge in [-0.25, -0.2) is 0 Å². The number of hydrogen-bond acceptors (Lipinski definition) is 0. The number of hydrogen-bond donors (Lipinski definition) is 0. The number of benzene rings is 1. The summed E-state index contributed by atoms with van der Waals surface area (Å²) in [5.74, 6) is 1.47. The molecule has 0 spiro atoms. The van der Waals surface area contributed by atoms with Gasteiger partial charge in [0.2, 0.25) is 0 Å². The van der Waals surface area contributed by atoms with Crippen LogP contribution in [0.2, 0.25) is 39.3 Å². The molecule has 1 aromatic carbocycles. The second-order valence-corrected chi connectivity index (χ2v) is 18.0. The Hall–Kier alpha value is -0.866. The standard InChI is InChI=1S/C18H27Si2/c1-19(2,3)17-9-7-8-15(13-17)12-16-10-11-18(14-16)20(4,5)6/h7-11,13-14H,12H2,1-6H3. The van der Waals surface area contributed by atoms with Crippen LogP contribution in [0.4, 0.5) is 0 Å². The summed E-state index contributed by atoms with van der Waals surface area (Å²) >= 11 is 0. The average molecular weight is 300 g/mol. The Balaban J connectivity index is 2.13. The molecule has 0 bridgehead atoms. The molecule has 20 heavy (non-hydrogen) atoms. The van der Waals surface area contributed by atoms with E-state index in [1.54, 1.807) is 10.4 Å². The normalized spacial score (nSPS) is 16.6. The average Bonchev–Trinajstić information content (AvgIpc) is 2.76. The molecular weight excluding hydrogens is 272 g/mol. The van der Waals surface area contributed by atoms with Gasteiger partial charge in [-0.15, -0.1) is 0 Å². The summed E-state index contributed by atoms with van der Waals surface area (Å²) in [7, 11) is -2.36. The first-order chi connectivity index (χ1) is 9.16. The predicted molar refractivity (Wildman–Crippen MR) is 96.9 cm³/mol. The zero-order chi connectivity index (χ0) is 15.0. The summed E-state index contributed by atoms with van der Waals surface area (Å²) in [4.78, 5) is 0. The van der Waals surface area contributed by atoms with Crippen molar-refractivity contribution in [1.82, 2.24) is 0 Å². The Labute approximate surface area is 126 Å². The van der Waals surface area contributed by atoms with E-state index in [-0.39, 0.29) is 0 Å². The maximum absolute atomic E-state index is 2.42. The lowest BCUT2D eigenvalue weighted by Crippen LogP contribution is -2.37. The van der Waals surface area contributed by atoms with Crippen molar-refractivity contribution in [2.75, 3.05) is 0 Å². The van der Waals surface area contributed by atoms with Crippen LogP contribution in [0.3, 0.4) is 0 Å². The fraction of sp³-hybridized carbons (Fsp3) is 0.389. The van der Waals surface area contributed by atoms with Gasteiger partial charge < -0.3 is 0 Å². The third-order valence-electron chi connectivity index (χ3n) is 3.89. The third kappa shape index (κ3) is 3.83. The Morgan fingerprint density at radius 1 is 0.850 bits per heavy atom. The Kier molecular flexibility index (Phi) is 4.26. The zero-order valence-corrected chi connectivity index (χ0v) is 15.7. The molecule has 0 saturated heterocycles. The van der Waals surface area contributed by atoms with E-state index < -0.39 is 16.1 Å². The summed E-state index contributed by atoms with van der Waals surface area (Å²) < 4.78 is 0. The molecule has 0 saturated carbocycles. The first-order valence-electron chi connectivity index (χ1n) is 7.52. The van der Waals surface area contributed by atoms with E-state index in [9.17, 15) is 0 Å². The highest BCUT2D eigenvalue weighted by molar-refractivity contribution is 6.88. The maximum atomic E-state index is 2.42. The molecule has 1 aromatic rings. The van der Waals surface area contributed by atoms with Crippen LogP contribution in [0.1, 0.15) is 5.56 Å². The SMILES string of the molecule is C[Si](C)(C)C1=C[C](Cc2cccc([Si](C)(C)C)c2)C=C1. The molecule has 0 aromatic heterocycles. The van der Waals surface area contributed by atoms with Gasteiger partial charge in [0.05, 0.1) is 16.1 Å². The van der Waals surface area contributed by atoms with Crippen molar-refractivity contribution in [2.45, 2.75) is 45.7 Å². The molecule has 1 radical (unpaired) electrons. The van der Waals surface area contributed by atoms with Crippen molar-refractivity contribution in [2.24, 2.45) is 0 Å². The highest BCUT2D eigenvalue weighted by Gasteiger charge is 2.23. The van der Waals surface area contributed by atoms with Gasteiger partial charge in [-0.2, -0.15) is 0 Å². The van der Waals surface area contributed by atoms with E-state index in [0.717, 1.165) is 6.42 Å². The monoisotopic (exact) mass is 299 g/mol. The predicted octanol–water partition coefficient (Wildman–Crippen LogP) is 4.72. The van der Waals surface area contributed by atoms with Crippen LogP contribution >= 0.6 is 0 Å². The zero-order valence-electron chi connectivity index (χ0n) is 13.7. The van der Waals surface area contributed by atoms with Gasteiger partial charge in [0, 0.05) is 5.92 Å². The van der Waals surface area contributed by atoms with E-state index in [2.05, 4.69) is 81.8 Å². The van der Waals surface area contributed by atoms with E-state index in [0.29, 0.717) is 0 Å². The van der Waals surface area contributed by atoms with Crippen LogP contribution < -0.4 is 5.19 Å². The van der Waals surface area contributed by atoms with Crippen LogP contribution in [0.25, 0.3) is 0 Å². The van der Waals surface area contributed by atoms with Gasteiger partial charge in [0.15, 0.2) is 0 Å².